The summed E-state index contributed by atoms with van der Waals surface area (Å²) in [5, 5.41) is 0.667. The molecule has 1 fully saturated rings. The van der Waals surface area contributed by atoms with Crippen LogP contribution in [0.5, 0.6) is 5.75 Å². The van der Waals surface area contributed by atoms with E-state index >= 15 is 0 Å². The summed E-state index contributed by atoms with van der Waals surface area (Å²) in [7, 11) is 0. The van der Waals surface area contributed by atoms with Gasteiger partial charge in [0.15, 0.2) is 0 Å². The molecule has 7 nitrogen and oxygen atoms in total. The van der Waals surface area contributed by atoms with E-state index in [4.69, 9.17) is 0 Å². The molecule has 0 aliphatic carbocycles. The van der Waals surface area contributed by atoms with Crippen molar-refractivity contribution in [1.82, 2.24) is 19.5 Å². The Morgan fingerprint density at radius 1 is 1.11 bits per heavy atom. The average Bonchev–Trinajstić information content (AvgIpc) is 2.87. The predicted molar refractivity (Wildman–Crippen MR) is 134 cm³/mol. The van der Waals surface area contributed by atoms with Gasteiger partial charge < -0.3 is 9.64 Å². The Bertz CT molecular complexity index is 1480. The topological polar surface area (TPSA) is 73.1 Å². The summed E-state index contributed by atoms with van der Waals surface area (Å²) in [6.45, 7) is 1.69. The van der Waals surface area contributed by atoms with Gasteiger partial charge in [0.1, 0.15) is 28.7 Å². The van der Waals surface area contributed by atoms with E-state index in [-0.39, 0.29) is 35.3 Å². The first-order valence-electron chi connectivity index (χ1n) is 12.1. The summed E-state index contributed by atoms with van der Waals surface area (Å²) in [6, 6.07) is 9.75. The lowest BCUT2D eigenvalue weighted by atomic mass is 9.89. The third-order valence-electron chi connectivity index (χ3n) is 6.79. The van der Waals surface area contributed by atoms with Crippen LogP contribution in [0.1, 0.15) is 41.4 Å². The number of rotatable bonds is 6. The van der Waals surface area contributed by atoms with Gasteiger partial charge >= 0.3 is 6.61 Å². The zero-order valence-corrected chi connectivity index (χ0v) is 20.5. The molecule has 1 saturated heterocycles. The van der Waals surface area contributed by atoms with E-state index in [2.05, 4.69) is 19.7 Å². The second kappa shape index (κ2) is 10.2. The smallest absolute Gasteiger partial charge is 0.387 e. The number of aromatic nitrogens is 4. The molecule has 0 amide bonds. The van der Waals surface area contributed by atoms with E-state index in [1.54, 1.807) is 19.2 Å². The second-order valence-corrected chi connectivity index (χ2v) is 9.18. The Labute approximate surface area is 211 Å². The molecule has 3 aromatic heterocycles. The van der Waals surface area contributed by atoms with Crippen LogP contribution in [0.3, 0.4) is 0 Å². The van der Waals surface area contributed by atoms with Crippen molar-refractivity contribution < 1.29 is 17.9 Å². The van der Waals surface area contributed by atoms with Gasteiger partial charge in [0.25, 0.3) is 5.56 Å². The predicted octanol–water partition coefficient (Wildman–Crippen LogP) is 4.98. The number of benzene rings is 1. The Kier molecular flexibility index (Phi) is 6.82. The van der Waals surface area contributed by atoms with Crippen LogP contribution in [0.15, 0.2) is 53.6 Å². The maximum absolute atomic E-state index is 14.5. The number of anilines is 1. The van der Waals surface area contributed by atoms with Gasteiger partial charge in [0, 0.05) is 36.4 Å². The van der Waals surface area contributed by atoms with E-state index in [0.717, 1.165) is 5.56 Å². The van der Waals surface area contributed by atoms with Crippen molar-refractivity contribution in [3.05, 3.63) is 87.6 Å². The number of aryl methyl sites for hydroxylation is 2. The number of nitrogens with zero attached hydrogens (tertiary/aromatic N) is 5. The standard InChI is InChI=1S/C27H26F3N5O2/c1-16-5-3-6-21(28)24(16)34-11-8-18(9-12-34)20-13-19-14-32-17(2)33-25(19)35(26(20)36)15-22-23(37-27(29)30)7-4-10-31-22/h3-7,10,13-14,18,27H,8-9,11-12,15H2,1-2H3. The molecule has 0 N–H and O–H groups in total. The van der Waals surface area contributed by atoms with Crippen LogP contribution in [0.2, 0.25) is 0 Å². The van der Waals surface area contributed by atoms with Gasteiger partial charge in [-0.25, -0.2) is 14.4 Å². The molecule has 0 saturated carbocycles. The first-order chi connectivity index (χ1) is 17.8. The highest BCUT2D eigenvalue weighted by molar-refractivity contribution is 5.75. The molecule has 1 aliphatic rings. The van der Waals surface area contributed by atoms with Crippen molar-refractivity contribution in [2.75, 3.05) is 18.0 Å². The van der Waals surface area contributed by atoms with Gasteiger partial charge in [0.2, 0.25) is 0 Å². The van der Waals surface area contributed by atoms with Gasteiger partial charge in [-0.15, -0.1) is 0 Å². The number of alkyl halides is 2. The first kappa shape index (κ1) is 24.7. The summed E-state index contributed by atoms with van der Waals surface area (Å²) < 4.78 is 46.5. The molecule has 1 aromatic carbocycles. The van der Waals surface area contributed by atoms with Crippen molar-refractivity contribution in [3.8, 4) is 5.75 Å². The monoisotopic (exact) mass is 509 g/mol. The summed E-state index contributed by atoms with van der Waals surface area (Å²) in [5.41, 5.74) is 2.40. The van der Waals surface area contributed by atoms with Crippen molar-refractivity contribution in [2.45, 2.75) is 45.8 Å². The van der Waals surface area contributed by atoms with Gasteiger partial charge in [-0.2, -0.15) is 8.78 Å². The lowest BCUT2D eigenvalue weighted by molar-refractivity contribution is -0.0507. The highest BCUT2D eigenvalue weighted by atomic mass is 19.3. The third kappa shape index (κ3) is 5.00. The van der Waals surface area contributed by atoms with Gasteiger partial charge in [-0.3, -0.25) is 14.3 Å². The van der Waals surface area contributed by atoms with Crippen LogP contribution in [0.4, 0.5) is 18.9 Å². The molecule has 192 valence electrons. The molecule has 5 rings (SSSR count). The molecule has 4 aromatic rings. The highest BCUT2D eigenvalue weighted by Crippen LogP contribution is 2.33. The Morgan fingerprint density at radius 3 is 2.62 bits per heavy atom. The Morgan fingerprint density at radius 2 is 1.89 bits per heavy atom. The molecule has 10 heteroatoms. The fourth-order valence-corrected chi connectivity index (χ4v) is 5.04. The number of pyridine rings is 2. The van der Waals surface area contributed by atoms with Crippen molar-refractivity contribution in [3.63, 3.8) is 0 Å². The lowest BCUT2D eigenvalue weighted by Gasteiger charge is -2.34. The molecular formula is C27H26F3N5O2. The number of fused-ring (bicyclic) bond motifs is 1. The zero-order valence-electron chi connectivity index (χ0n) is 20.5. The van der Waals surface area contributed by atoms with Crippen molar-refractivity contribution >= 4 is 16.7 Å². The normalized spacial score (nSPS) is 14.5. The van der Waals surface area contributed by atoms with Crippen LogP contribution in [0.25, 0.3) is 11.0 Å². The van der Waals surface area contributed by atoms with Crippen LogP contribution in [-0.2, 0) is 6.54 Å². The Hall–Kier alpha value is -3.95. The minimum atomic E-state index is -3.02. The SMILES string of the molecule is Cc1ncc2cc(C3CCN(c4c(C)cccc4F)CC3)c(=O)n(Cc3ncccc3OC(F)F)c2n1. The minimum Gasteiger partial charge on any atom is -0.433 e. The summed E-state index contributed by atoms with van der Waals surface area (Å²) in [5.74, 6) is 0.0684. The van der Waals surface area contributed by atoms with Crippen LogP contribution < -0.4 is 15.2 Å². The van der Waals surface area contributed by atoms with Crippen LogP contribution in [0, 0.1) is 19.7 Å². The van der Waals surface area contributed by atoms with E-state index in [9.17, 15) is 18.0 Å². The minimum absolute atomic E-state index is 0.0618. The van der Waals surface area contributed by atoms with E-state index in [1.165, 1.54) is 29.0 Å². The van der Waals surface area contributed by atoms with E-state index < -0.39 is 6.61 Å². The van der Waals surface area contributed by atoms with E-state index in [1.807, 2.05) is 24.0 Å². The van der Waals surface area contributed by atoms with Crippen molar-refractivity contribution in [1.29, 1.82) is 0 Å². The van der Waals surface area contributed by atoms with Gasteiger partial charge in [-0.1, -0.05) is 12.1 Å². The summed E-state index contributed by atoms with van der Waals surface area (Å²) in [6.07, 6.45) is 4.43. The number of hydrogen-bond donors (Lipinski definition) is 0. The third-order valence-corrected chi connectivity index (χ3v) is 6.79. The van der Waals surface area contributed by atoms with Crippen LogP contribution >= 0.6 is 0 Å². The molecule has 0 atom stereocenters. The molecule has 0 spiro atoms. The zero-order chi connectivity index (χ0) is 26.1. The van der Waals surface area contributed by atoms with Crippen molar-refractivity contribution in [2.24, 2.45) is 0 Å². The quantitative estimate of drug-likeness (QED) is 0.365. The second-order valence-electron chi connectivity index (χ2n) is 9.18. The summed E-state index contributed by atoms with van der Waals surface area (Å²) in [4.78, 5) is 28.8. The molecule has 4 heterocycles. The van der Waals surface area contributed by atoms with Gasteiger partial charge in [0.05, 0.1) is 12.2 Å². The molecule has 0 unspecified atom stereocenters. The number of piperidine rings is 1. The number of ether oxygens (including phenoxy) is 1. The maximum atomic E-state index is 14.5. The molecule has 1 aliphatic heterocycles. The molecular weight excluding hydrogens is 483 g/mol. The molecule has 0 bridgehead atoms. The largest absolute Gasteiger partial charge is 0.433 e. The Balaban J connectivity index is 1.51. The number of halogens is 3. The van der Waals surface area contributed by atoms with Crippen LogP contribution in [-0.4, -0.2) is 39.2 Å². The number of para-hydroxylation sites is 1. The van der Waals surface area contributed by atoms with Gasteiger partial charge in [-0.05, 0) is 62.4 Å². The number of hydrogen-bond acceptors (Lipinski definition) is 6. The fourth-order valence-electron chi connectivity index (χ4n) is 5.04. The summed E-state index contributed by atoms with van der Waals surface area (Å²) >= 11 is 0. The maximum Gasteiger partial charge on any atom is 0.387 e. The lowest BCUT2D eigenvalue weighted by Crippen LogP contribution is -2.36. The average molecular weight is 510 g/mol. The van der Waals surface area contributed by atoms with E-state index in [0.29, 0.717) is 54.0 Å². The molecule has 0 radical (unpaired) electrons. The fraction of sp³-hybridized carbons (Fsp3) is 0.333. The first-order valence-corrected chi connectivity index (χ1v) is 12.1. The molecule has 37 heavy (non-hydrogen) atoms. The highest BCUT2D eigenvalue weighted by Gasteiger charge is 2.27.